The molecule has 0 saturated heterocycles. The second-order valence-corrected chi connectivity index (χ2v) is 8.33. The van der Waals surface area contributed by atoms with Crippen LogP contribution in [0.1, 0.15) is 15.9 Å². The maximum absolute atomic E-state index is 12.8. The molecule has 4 aromatic rings. The van der Waals surface area contributed by atoms with Crippen molar-refractivity contribution in [3.63, 3.8) is 0 Å². The van der Waals surface area contributed by atoms with Gasteiger partial charge in [0.2, 0.25) is 5.91 Å². The number of methoxy groups -OCH3 is 1. The summed E-state index contributed by atoms with van der Waals surface area (Å²) in [7, 11) is 1.61. The molecule has 0 aliphatic heterocycles. The van der Waals surface area contributed by atoms with Crippen molar-refractivity contribution in [3.8, 4) is 11.4 Å². The summed E-state index contributed by atoms with van der Waals surface area (Å²) in [5, 5.41) is 14.4. The quantitative estimate of drug-likeness (QED) is 0.364. The fraction of sp³-hybridized carbons (Fsp3) is 0.120. The number of thioether (sulfide) groups is 1. The van der Waals surface area contributed by atoms with Gasteiger partial charge in [0.25, 0.3) is 5.91 Å². The largest absolute Gasteiger partial charge is 0.497 e. The van der Waals surface area contributed by atoms with Gasteiger partial charge in [-0.3, -0.25) is 14.2 Å². The van der Waals surface area contributed by atoms with Crippen LogP contribution in [0.15, 0.2) is 84.3 Å². The zero-order chi connectivity index (χ0) is 23.9. The molecule has 0 saturated carbocycles. The Morgan fingerprint density at radius 2 is 1.79 bits per heavy atom. The standard InChI is InChI=1S/C25H23N5O3S/c1-17-6-5-7-18(14-17)27-24(32)21-8-3-4-9-22(21)28-23(31)15-34-25-29-26-16-30(25)19-10-12-20(33-2)13-11-19/h3-14,16H,15H2,1-2H3,(H,27,32)(H,28,31). The number of nitrogens with one attached hydrogen (secondary N) is 2. The number of aromatic nitrogens is 3. The van der Waals surface area contributed by atoms with E-state index in [2.05, 4.69) is 20.8 Å². The highest BCUT2D eigenvalue weighted by molar-refractivity contribution is 7.99. The molecule has 4 rings (SSSR count). The first-order chi connectivity index (χ1) is 16.5. The summed E-state index contributed by atoms with van der Waals surface area (Å²) in [4.78, 5) is 25.5. The molecule has 0 spiro atoms. The van der Waals surface area contributed by atoms with Gasteiger partial charge in [0.05, 0.1) is 24.1 Å². The van der Waals surface area contributed by atoms with Crippen LogP contribution in [0, 0.1) is 6.92 Å². The number of benzene rings is 3. The van der Waals surface area contributed by atoms with E-state index >= 15 is 0 Å². The highest BCUT2D eigenvalue weighted by Crippen LogP contribution is 2.23. The molecule has 0 aliphatic carbocycles. The van der Waals surface area contributed by atoms with E-state index in [1.165, 1.54) is 11.8 Å². The van der Waals surface area contributed by atoms with E-state index < -0.39 is 0 Å². The number of amides is 2. The van der Waals surface area contributed by atoms with Gasteiger partial charge in [0.1, 0.15) is 12.1 Å². The van der Waals surface area contributed by atoms with Gasteiger partial charge < -0.3 is 15.4 Å². The molecule has 1 aromatic heterocycles. The average Bonchev–Trinajstić information content (AvgIpc) is 3.32. The third-order valence-corrected chi connectivity index (χ3v) is 5.86. The van der Waals surface area contributed by atoms with Gasteiger partial charge >= 0.3 is 0 Å². The average molecular weight is 474 g/mol. The third kappa shape index (κ3) is 5.62. The lowest BCUT2D eigenvalue weighted by Gasteiger charge is -2.12. The zero-order valence-corrected chi connectivity index (χ0v) is 19.5. The van der Waals surface area contributed by atoms with E-state index in [9.17, 15) is 9.59 Å². The van der Waals surface area contributed by atoms with Crippen molar-refractivity contribution >= 4 is 35.0 Å². The van der Waals surface area contributed by atoms with Gasteiger partial charge in [-0.1, -0.05) is 36.0 Å². The Hall–Kier alpha value is -4.11. The van der Waals surface area contributed by atoms with Crippen LogP contribution in [0.4, 0.5) is 11.4 Å². The van der Waals surface area contributed by atoms with Gasteiger partial charge in [0, 0.05) is 11.4 Å². The number of aryl methyl sites for hydroxylation is 1. The molecule has 172 valence electrons. The number of hydrogen-bond donors (Lipinski definition) is 2. The summed E-state index contributed by atoms with van der Waals surface area (Å²) in [6, 6.07) is 21.9. The van der Waals surface area contributed by atoms with Gasteiger partial charge in [0.15, 0.2) is 5.16 Å². The molecule has 0 radical (unpaired) electrons. The number of carbonyl (C=O) groups excluding carboxylic acids is 2. The Bertz CT molecular complexity index is 1300. The van der Waals surface area contributed by atoms with Crippen LogP contribution in [0.2, 0.25) is 0 Å². The molecule has 34 heavy (non-hydrogen) atoms. The predicted octanol–water partition coefficient (Wildman–Crippen LogP) is 4.57. The summed E-state index contributed by atoms with van der Waals surface area (Å²) >= 11 is 1.25. The molecule has 1 heterocycles. The molecule has 0 fully saturated rings. The summed E-state index contributed by atoms with van der Waals surface area (Å²) in [5.74, 6) is 0.289. The summed E-state index contributed by atoms with van der Waals surface area (Å²) < 4.78 is 6.98. The molecular formula is C25H23N5O3S. The van der Waals surface area contributed by atoms with E-state index in [-0.39, 0.29) is 17.6 Å². The lowest BCUT2D eigenvalue weighted by atomic mass is 10.1. The van der Waals surface area contributed by atoms with Crippen LogP contribution in [0.3, 0.4) is 0 Å². The van der Waals surface area contributed by atoms with Crippen LogP contribution in [0.5, 0.6) is 5.75 Å². The highest BCUT2D eigenvalue weighted by Gasteiger charge is 2.15. The minimum Gasteiger partial charge on any atom is -0.497 e. The molecule has 0 bridgehead atoms. The minimum absolute atomic E-state index is 0.0999. The number of anilines is 2. The van der Waals surface area contributed by atoms with Crippen LogP contribution >= 0.6 is 11.8 Å². The Morgan fingerprint density at radius 3 is 2.56 bits per heavy atom. The van der Waals surface area contributed by atoms with Crippen molar-refractivity contribution in [3.05, 3.63) is 90.3 Å². The lowest BCUT2D eigenvalue weighted by Crippen LogP contribution is -2.19. The van der Waals surface area contributed by atoms with Crippen molar-refractivity contribution in [1.29, 1.82) is 0 Å². The molecule has 0 aliphatic rings. The summed E-state index contributed by atoms with van der Waals surface area (Å²) in [6.07, 6.45) is 1.59. The van der Waals surface area contributed by atoms with Crippen LogP contribution in [-0.2, 0) is 4.79 Å². The van der Waals surface area contributed by atoms with Crippen LogP contribution in [-0.4, -0.2) is 39.4 Å². The SMILES string of the molecule is COc1ccc(-n2cnnc2SCC(=O)Nc2ccccc2C(=O)Nc2cccc(C)c2)cc1. The first-order valence-electron chi connectivity index (χ1n) is 10.5. The molecule has 0 atom stereocenters. The zero-order valence-electron chi connectivity index (χ0n) is 18.7. The molecule has 3 aromatic carbocycles. The van der Waals surface area contributed by atoms with E-state index in [0.29, 0.717) is 22.1 Å². The molecule has 2 amide bonds. The van der Waals surface area contributed by atoms with Crippen LogP contribution < -0.4 is 15.4 Å². The van der Waals surface area contributed by atoms with E-state index in [0.717, 1.165) is 17.0 Å². The summed E-state index contributed by atoms with van der Waals surface area (Å²) in [6.45, 7) is 1.96. The number of nitrogens with zero attached hydrogens (tertiary/aromatic N) is 3. The third-order valence-electron chi connectivity index (χ3n) is 4.92. The second kappa shape index (κ2) is 10.7. The molecule has 2 N–H and O–H groups in total. The number of hydrogen-bond acceptors (Lipinski definition) is 6. The Balaban J connectivity index is 1.41. The molecule has 8 nitrogen and oxygen atoms in total. The maximum Gasteiger partial charge on any atom is 0.257 e. The van der Waals surface area contributed by atoms with Crippen molar-refractivity contribution in [2.75, 3.05) is 23.5 Å². The first-order valence-corrected chi connectivity index (χ1v) is 11.5. The van der Waals surface area contributed by atoms with Crippen molar-refractivity contribution in [2.45, 2.75) is 12.1 Å². The summed E-state index contributed by atoms with van der Waals surface area (Å²) in [5.41, 5.74) is 3.41. The highest BCUT2D eigenvalue weighted by atomic mass is 32.2. The number of carbonyl (C=O) groups is 2. The fourth-order valence-electron chi connectivity index (χ4n) is 3.27. The number of rotatable bonds is 8. The van der Waals surface area contributed by atoms with Crippen molar-refractivity contribution in [2.24, 2.45) is 0 Å². The van der Waals surface area contributed by atoms with E-state index in [4.69, 9.17) is 4.74 Å². The Morgan fingerprint density at radius 1 is 1.00 bits per heavy atom. The monoisotopic (exact) mass is 473 g/mol. The first kappa shape index (κ1) is 23.1. The van der Waals surface area contributed by atoms with Crippen molar-refractivity contribution in [1.82, 2.24) is 14.8 Å². The van der Waals surface area contributed by atoms with E-state index in [1.54, 1.807) is 42.3 Å². The Labute approximate surface area is 201 Å². The predicted molar refractivity (Wildman–Crippen MR) is 133 cm³/mol. The molecular weight excluding hydrogens is 450 g/mol. The van der Waals surface area contributed by atoms with Gasteiger partial charge in [-0.2, -0.15) is 0 Å². The smallest absolute Gasteiger partial charge is 0.257 e. The lowest BCUT2D eigenvalue weighted by molar-refractivity contribution is -0.113. The van der Waals surface area contributed by atoms with E-state index in [1.807, 2.05) is 55.5 Å². The van der Waals surface area contributed by atoms with Gasteiger partial charge in [-0.05, 0) is 61.0 Å². The van der Waals surface area contributed by atoms with Gasteiger partial charge in [-0.15, -0.1) is 10.2 Å². The Kier molecular flexibility index (Phi) is 7.24. The second-order valence-electron chi connectivity index (χ2n) is 7.39. The number of ether oxygens (including phenoxy) is 1. The van der Waals surface area contributed by atoms with Crippen molar-refractivity contribution < 1.29 is 14.3 Å². The minimum atomic E-state index is -0.298. The normalized spacial score (nSPS) is 10.5. The molecule has 0 unspecified atom stereocenters. The van der Waals surface area contributed by atoms with Crippen LogP contribution in [0.25, 0.3) is 5.69 Å². The van der Waals surface area contributed by atoms with Gasteiger partial charge in [-0.25, -0.2) is 0 Å². The fourth-order valence-corrected chi connectivity index (χ4v) is 4.00. The maximum atomic E-state index is 12.8. The molecule has 9 heteroatoms. The number of para-hydroxylation sites is 1. The topological polar surface area (TPSA) is 98.1 Å².